The molecule has 0 saturated heterocycles. The second-order valence-corrected chi connectivity index (χ2v) is 7.25. The van der Waals surface area contributed by atoms with Crippen LogP contribution in [0.2, 0.25) is 0 Å². The lowest BCUT2D eigenvalue weighted by Crippen LogP contribution is -2.50. The van der Waals surface area contributed by atoms with Crippen LogP contribution >= 0.6 is 11.3 Å². The van der Waals surface area contributed by atoms with Gasteiger partial charge in [0.05, 0.1) is 17.7 Å². The normalized spacial score (nSPS) is 19.5. The summed E-state index contributed by atoms with van der Waals surface area (Å²) in [7, 11) is 0. The van der Waals surface area contributed by atoms with Crippen LogP contribution in [-0.2, 0) is 17.8 Å². The highest BCUT2D eigenvalue weighted by atomic mass is 32.1. The fraction of sp³-hybridized carbons (Fsp3) is 0.444. The predicted molar refractivity (Wildman–Crippen MR) is 93.6 cm³/mol. The van der Waals surface area contributed by atoms with Crippen molar-refractivity contribution in [3.8, 4) is 11.5 Å². The molecule has 1 aromatic carbocycles. The number of carbonyl (C=O) groups excluding carboxylic acids is 1. The number of hydrogen-bond donors (Lipinski definition) is 2. The molecule has 6 heteroatoms. The zero-order chi connectivity index (χ0) is 17.5. The van der Waals surface area contributed by atoms with E-state index in [1.54, 1.807) is 5.51 Å². The van der Waals surface area contributed by atoms with Gasteiger partial charge >= 0.3 is 0 Å². The van der Waals surface area contributed by atoms with Crippen molar-refractivity contribution >= 4 is 17.2 Å². The Hall–Kier alpha value is -2.08. The molecule has 2 N–H and O–H groups in total. The van der Waals surface area contributed by atoms with Gasteiger partial charge in [-0.15, -0.1) is 11.3 Å². The Kier molecular flexibility index (Phi) is 4.25. The average molecular weight is 346 g/mol. The molecule has 5 nitrogen and oxygen atoms in total. The molecular weight excluding hydrogens is 324 g/mol. The first-order valence-electron chi connectivity index (χ1n) is 7.99. The number of amides is 1. The van der Waals surface area contributed by atoms with Gasteiger partial charge in [0.1, 0.15) is 11.5 Å². The number of rotatable bonds is 3. The minimum absolute atomic E-state index is 0.135. The maximum Gasteiger partial charge on any atom is 0.264 e. The van der Waals surface area contributed by atoms with Crippen LogP contribution in [0.4, 0.5) is 0 Å². The highest BCUT2D eigenvalue weighted by Gasteiger charge is 2.40. The van der Waals surface area contributed by atoms with Gasteiger partial charge in [-0.05, 0) is 50.8 Å². The van der Waals surface area contributed by atoms with Crippen molar-refractivity contribution in [2.24, 2.45) is 0 Å². The van der Waals surface area contributed by atoms with E-state index in [9.17, 15) is 9.90 Å². The van der Waals surface area contributed by atoms with E-state index in [1.165, 1.54) is 11.3 Å². The number of thiazole rings is 1. The fourth-order valence-electron chi connectivity index (χ4n) is 3.09. The summed E-state index contributed by atoms with van der Waals surface area (Å²) in [6.45, 7) is 7.92. The zero-order valence-corrected chi connectivity index (χ0v) is 15.2. The summed E-state index contributed by atoms with van der Waals surface area (Å²) < 4.78 is 6.16. The van der Waals surface area contributed by atoms with E-state index < -0.39 is 5.60 Å². The quantitative estimate of drug-likeness (QED) is 0.895. The van der Waals surface area contributed by atoms with E-state index in [-0.39, 0.29) is 5.91 Å². The summed E-state index contributed by atoms with van der Waals surface area (Å²) in [5, 5.41) is 15.1. The highest BCUT2D eigenvalue weighted by molar-refractivity contribution is 7.07. The summed E-state index contributed by atoms with van der Waals surface area (Å²) in [6, 6.07) is 0. The van der Waals surface area contributed by atoms with Crippen molar-refractivity contribution in [1.82, 2.24) is 10.3 Å². The molecule has 0 saturated carbocycles. The molecule has 0 bridgehead atoms. The van der Waals surface area contributed by atoms with Crippen LogP contribution in [0, 0.1) is 20.8 Å². The molecule has 0 fully saturated rings. The van der Waals surface area contributed by atoms with Crippen LogP contribution < -0.4 is 10.1 Å². The number of nitrogens with one attached hydrogen (secondary N) is 1. The van der Waals surface area contributed by atoms with Crippen molar-refractivity contribution < 1.29 is 14.6 Å². The number of ether oxygens (including phenoxy) is 1. The van der Waals surface area contributed by atoms with E-state index in [2.05, 4.69) is 10.3 Å². The smallest absolute Gasteiger partial charge is 0.264 e. The van der Waals surface area contributed by atoms with Gasteiger partial charge in [-0.2, -0.15) is 0 Å². The molecule has 1 aliphatic heterocycles. The molecule has 128 valence electrons. The number of hydrogen-bond acceptors (Lipinski definition) is 5. The first-order chi connectivity index (χ1) is 11.3. The molecule has 24 heavy (non-hydrogen) atoms. The minimum atomic E-state index is -0.913. The number of carbonyl (C=O) groups is 1. The Morgan fingerprint density at radius 3 is 2.79 bits per heavy atom. The molecule has 1 unspecified atom stereocenters. The van der Waals surface area contributed by atoms with Crippen LogP contribution in [0.3, 0.4) is 0 Å². The molecule has 3 rings (SSSR count). The maximum atomic E-state index is 12.7. The van der Waals surface area contributed by atoms with Crippen molar-refractivity contribution in [1.29, 1.82) is 0 Å². The Morgan fingerprint density at radius 1 is 1.38 bits per heavy atom. The predicted octanol–water partition coefficient (Wildman–Crippen LogP) is 3.17. The number of nitrogens with zero attached hydrogens (tertiary/aromatic N) is 1. The molecule has 2 heterocycles. The number of fused-ring (bicyclic) bond motifs is 1. The number of phenolic OH excluding ortho intramolecular Hbond substituents is 1. The topological polar surface area (TPSA) is 71.5 Å². The second-order valence-electron chi connectivity index (χ2n) is 6.53. The van der Waals surface area contributed by atoms with E-state index in [1.807, 2.05) is 33.1 Å². The van der Waals surface area contributed by atoms with Crippen molar-refractivity contribution in [3.05, 3.63) is 38.8 Å². The highest BCUT2D eigenvalue weighted by Crippen LogP contribution is 2.43. The van der Waals surface area contributed by atoms with Gasteiger partial charge in [0.2, 0.25) is 0 Å². The number of benzene rings is 1. The summed E-state index contributed by atoms with van der Waals surface area (Å²) in [5.74, 6) is 0.927. The monoisotopic (exact) mass is 346 g/mol. The molecule has 0 radical (unpaired) electrons. The molecule has 1 amide bonds. The number of aromatic nitrogens is 1. The van der Waals surface area contributed by atoms with Gasteiger partial charge < -0.3 is 15.2 Å². The van der Waals surface area contributed by atoms with Gasteiger partial charge in [0.25, 0.3) is 5.91 Å². The molecule has 1 aromatic heterocycles. The SMILES string of the molecule is Cc1c(C)c2c(c(C)c1O)CCC(C)(C(=O)NCc1cscn1)O2. The second kappa shape index (κ2) is 6.09. The molecular formula is C18H22N2O3S. The van der Waals surface area contributed by atoms with Crippen LogP contribution in [0.5, 0.6) is 11.5 Å². The van der Waals surface area contributed by atoms with Gasteiger partial charge in [-0.1, -0.05) is 0 Å². The Bertz CT molecular complexity index is 786. The van der Waals surface area contributed by atoms with E-state index >= 15 is 0 Å². The molecule has 1 aliphatic rings. The summed E-state index contributed by atoms with van der Waals surface area (Å²) in [6.07, 6.45) is 1.28. The third-order valence-corrected chi connectivity index (χ3v) is 5.55. The lowest BCUT2D eigenvalue weighted by atomic mass is 9.86. The lowest BCUT2D eigenvalue weighted by Gasteiger charge is -2.36. The van der Waals surface area contributed by atoms with Gasteiger partial charge in [-0.25, -0.2) is 4.98 Å². The van der Waals surface area contributed by atoms with E-state index in [0.717, 1.165) is 33.7 Å². The summed E-state index contributed by atoms with van der Waals surface area (Å²) in [4.78, 5) is 16.8. The molecule has 1 atom stereocenters. The minimum Gasteiger partial charge on any atom is -0.507 e. The van der Waals surface area contributed by atoms with E-state index in [0.29, 0.717) is 25.1 Å². The summed E-state index contributed by atoms with van der Waals surface area (Å²) >= 11 is 1.51. The first kappa shape index (κ1) is 16.8. The van der Waals surface area contributed by atoms with Crippen LogP contribution in [0.25, 0.3) is 0 Å². The Balaban J connectivity index is 1.84. The maximum absolute atomic E-state index is 12.7. The van der Waals surface area contributed by atoms with Gasteiger partial charge in [-0.3, -0.25) is 4.79 Å². The first-order valence-corrected chi connectivity index (χ1v) is 8.93. The number of phenols is 1. The van der Waals surface area contributed by atoms with Crippen LogP contribution in [-0.4, -0.2) is 21.6 Å². The van der Waals surface area contributed by atoms with Crippen LogP contribution in [0.1, 0.15) is 41.3 Å². The molecule has 2 aromatic rings. The third kappa shape index (κ3) is 2.75. The standard InChI is InChI=1S/C18H22N2O3S/c1-10-11(2)16-14(12(3)15(10)21)5-6-18(4,23-16)17(22)19-7-13-8-24-9-20-13/h8-9,21H,5-7H2,1-4H3,(H,19,22). The molecule has 0 spiro atoms. The van der Waals surface area contributed by atoms with Crippen molar-refractivity contribution in [3.63, 3.8) is 0 Å². The zero-order valence-electron chi connectivity index (χ0n) is 14.4. The van der Waals surface area contributed by atoms with Crippen molar-refractivity contribution in [2.75, 3.05) is 0 Å². The Labute approximate surface area is 145 Å². The van der Waals surface area contributed by atoms with Crippen molar-refractivity contribution in [2.45, 2.75) is 52.7 Å². The van der Waals surface area contributed by atoms with E-state index in [4.69, 9.17) is 4.74 Å². The van der Waals surface area contributed by atoms with Crippen LogP contribution in [0.15, 0.2) is 10.9 Å². The number of aromatic hydroxyl groups is 1. The largest absolute Gasteiger partial charge is 0.507 e. The fourth-order valence-corrected chi connectivity index (χ4v) is 3.65. The lowest BCUT2D eigenvalue weighted by molar-refractivity contribution is -0.137. The third-order valence-electron chi connectivity index (χ3n) is 4.91. The van der Waals surface area contributed by atoms with Gasteiger partial charge in [0, 0.05) is 17.4 Å². The average Bonchev–Trinajstić information content (AvgIpc) is 3.09. The molecule has 0 aliphatic carbocycles. The Morgan fingerprint density at radius 2 is 2.12 bits per heavy atom. The summed E-state index contributed by atoms with van der Waals surface area (Å²) in [5.41, 5.74) is 5.23. The van der Waals surface area contributed by atoms with Gasteiger partial charge in [0.15, 0.2) is 5.60 Å².